The molecule has 11 nitrogen and oxygen atoms in total. The molecule has 0 spiro atoms. The molecule has 0 radical (unpaired) electrons. The average Bonchev–Trinajstić information content (AvgIpc) is 2.82. The number of ketones is 1. The minimum absolute atomic E-state index is 0.709. The molecular weight excluding hydrogens is 320 g/mol. The Labute approximate surface area is 129 Å². The molecule has 2 aliphatic rings. The first kappa shape index (κ1) is 18.2. The molecule has 0 aromatic carbocycles. The van der Waals surface area contributed by atoms with Crippen LogP contribution in [-0.4, -0.2) is 105 Å². The highest BCUT2D eigenvalue weighted by Crippen LogP contribution is 2.26. The topological polar surface area (TPSA) is 183 Å². The molecule has 2 fully saturated rings. The number of ether oxygens (including phenoxy) is 3. The molecule has 0 aromatic rings. The van der Waals surface area contributed by atoms with E-state index in [1.165, 1.54) is 0 Å². The van der Waals surface area contributed by atoms with Gasteiger partial charge in [0.1, 0.15) is 30.5 Å². The minimum Gasteiger partial charge on any atom is -0.449 e. The SMILES string of the molecule is O=C1O[C@H]([C@H](O)CO)C(=O)C1OC1O[C@H](CO)[C@@H](O)[C@H](O)[C@H]1O. The number of rotatable bonds is 5. The van der Waals surface area contributed by atoms with E-state index in [9.17, 15) is 30.0 Å². The number of cyclic esters (lactones) is 1. The third-order valence-electron chi connectivity index (χ3n) is 3.65. The number of hydrogen-bond donors (Lipinski definition) is 6. The summed E-state index contributed by atoms with van der Waals surface area (Å²) in [6, 6.07) is 0. The van der Waals surface area contributed by atoms with Crippen LogP contribution in [0, 0.1) is 0 Å². The average molecular weight is 338 g/mol. The van der Waals surface area contributed by atoms with Gasteiger partial charge in [-0.2, -0.15) is 0 Å². The molecule has 0 saturated carbocycles. The Morgan fingerprint density at radius 1 is 1.09 bits per heavy atom. The van der Waals surface area contributed by atoms with E-state index in [1.54, 1.807) is 0 Å². The molecule has 2 rings (SSSR count). The highest BCUT2D eigenvalue weighted by Gasteiger charge is 2.52. The van der Waals surface area contributed by atoms with Crippen LogP contribution >= 0.6 is 0 Å². The van der Waals surface area contributed by atoms with Gasteiger partial charge in [-0.1, -0.05) is 0 Å². The summed E-state index contributed by atoms with van der Waals surface area (Å²) in [5.74, 6) is -2.15. The van der Waals surface area contributed by atoms with Gasteiger partial charge in [-0.25, -0.2) is 4.79 Å². The zero-order chi connectivity index (χ0) is 17.3. The van der Waals surface area contributed by atoms with Gasteiger partial charge in [0.25, 0.3) is 0 Å². The van der Waals surface area contributed by atoms with Crippen LogP contribution in [0.1, 0.15) is 0 Å². The van der Waals surface area contributed by atoms with Gasteiger partial charge in [0, 0.05) is 0 Å². The molecule has 0 aliphatic carbocycles. The summed E-state index contributed by atoms with van der Waals surface area (Å²) < 4.78 is 14.6. The summed E-state index contributed by atoms with van der Waals surface area (Å²) in [6.07, 6.45) is -13.2. The van der Waals surface area contributed by atoms with Gasteiger partial charge < -0.3 is 44.8 Å². The van der Waals surface area contributed by atoms with Crippen LogP contribution in [0.25, 0.3) is 0 Å². The van der Waals surface area contributed by atoms with E-state index in [1.807, 2.05) is 0 Å². The third-order valence-corrected chi connectivity index (χ3v) is 3.65. The van der Waals surface area contributed by atoms with Crippen molar-refractivity contribution in [2.75, 3.05) is 13.2 Å². The molecule has 2 aliphatic heterocycles. The molecule has 132 valence electrons. The summed E-state index contributed by atoms with van der Waals surface area (Å²) in [7, 11) is 0. The van der Waals surface area contributed by atoms with E-state index < -0.39 is 74.0 Å². The predicted octanol–water partition coefficient (Wildman–Crippen LogP) is -4.98. The molecule has 2 heterocycles. The minimum atomic E-state index is -1.84. The summed E-state index contributed by atoms with van der Waals surface area (Å²) in [6.45, 7) is -1.53. The normalized spacial score (nSPS) is 42.6. The molecule has 8 atom stereocenters. The maximum absolute atomic E-state index is 12.0. The van der Waals surface area contributed by atoms with Gasteiger partial charge in [-0.3, -0.25) is 4.79 Å². The van der Waals surface area contributed by atoms with Crippen molar-refractivity contribution in [3.05, 3.63) is 0 Å². The standard InChI is InChI=1S/C12H18O11/c13-1-3(15)9-8(19)10(11(20)22-9)23-12-7(18)6(17)5(16)4(2-14)21-12/h3-7,9-10,12-18H,1-2H2/t3-,4-,5-,6+,7-,9-,10?,12?/m1/s1. The number of Topliss-reactive ketones (excluding diaryl/α,β-unsaturated/α-hetero) is 1. The van der Waals surface area contributed by atoms with Crippen molar-refractivity contribution in [1.29, 1.82) is 0 Å². The van der Waals surface area contributed by atoms with Gasteiger partial charge in [0.2, 0.25) is 11.9 Å². The highest BCUT2D eigenvalue weighted by molar-refractivity contribution is 6.09. The Hall–Kier alpha value is -1.18. The van der Waals surface area contributed by atoms with Crippen LogP contribution in [0.4, 0.5) is 0 Å². The monoisotopic (exact) mass is 338 g/mol. The Kier molecular flexibility index (Phi) is 5.65. The third kappa shape index (κ3) is 3.36. The summed E-state index contributed by atoms with van der Waals surface area (Å²) >= 11 is 0. The van der Waals surface area contributed by atoms with Crippen LogP contribution in [0.3, 0.4) is 0 Å². The Morgan fingerprint density at radius 2 is 1.74 bits per heavy atom. The van der Waals surface area contributed by atoms with Gasteiger partial charge in [-0.15, -0.1) is 0 Å². The molecule has 0 amide bonds. The van der Waals surface area contributed by atoms with Gasteiger partial charge >= 0.3 is 5.97 Å². The number of carbonyl (C=O) groups excluding carboxylic acids is 2. The lowest BCUT2D eigenvalue weighted by Gasteiger charge is -2.39. The second-order valence-electron chi connectivity index (χ2n) is 5.22. The zero-order valence-corrected chi connectivity index (χ0v) is 11.8. The number of esters is 1. The van der Waals surface area contributed by atoms with Crippen LogP contribution < -0.4 is 0 Å². The fraction of sp³-hybridized carbons (Fsp3) is 0.833. The molecule has 2 saturated heterocycles. The smallest absolute Gasteiger partial charge is 0.344 e. The van der Waals surface area contributed by atoms with Crippen molar-refractivity contribution in [1.82, 2.24) is 0 Å². The van der Waals surface area contributed by atoms with Crippen LogP contribution in [0.2, 0.25) is 0 Å². The fourth-order valence-corrected chi connectivity index (χ4v) is 2.31. The summed E-state index contributed by atoms with van der Waals surface area (Å²) in [5.41, 5.74) is 0. The lowest BCUT2D eigenvalue weighted by Crippen LogP contribution is -2.60. The lowest BCUT2D eigenvalue weighted by atomic mass is 9.99. The molecule has 0 aromatic heterocycles. The maximum atomic E-state index is 12.0. The van der Waals surface area contributed by atoms with E-state index in [0.29, 0.717) is 0 Å². The van der Waals surface area contributed by atoms with Crippen LogP contribution in [0.5, 0.6) is 0 Å². The van der Waals surface area contributed by atoms with E-state index in [0.717, 1.165) is 0 Å². The molecule has 0 bridgehead atoms. The Bertz CT molecular complexity index is 452. The van der Waals surface area contributed by atoms with Crippen LogP contribution in [0.15, 0.2) is 0 Å². The van der Waals surface area contributed by atoms with Crippen molar-refractivity contribution in [3.8, 4) is 0 Å². The Morgan fingerprint density at radius 3 is 2.30 bits per heavy atom. The van der Waals surface area contributed by atoms with E-state index >= 15 is 0 Å². The second-order valence-corrected chi connectivity index (χ2v) is 5.22. The number of aliphatic hydroxyl groups excluding tert-OH is 6. The van der Waals surface area contributed by atoms with Gasteiger partial charge in [0.05, 0.1) is 13.2 Å². The number of carbonyl (C=O) groups is 2. The first-order valence-corrected chi connectivity index (χ1v) is 6.81. The van der Waals surface area contributed by atoms with Crippen molar-refractivity contribution in [3.63, 3.8) is 0 Å². The Balaban J connectivity index is 2.08. The van der Waals surface area contributed by atoms with Crippen LogP contribution in [-0.2, 0) is 23.8 Å². The molecule has 2 unspecified atom stereocenters. The van der Waals surface area contributed by atoms with E-state index in [2.05, 4.69) is 4.74 Å². The highest BCUT2D eigenvalue weighted by atomic mass is 16.7. The first-order chi connectivity index (χ1) is 10.8. The van der Waals surface area contributed by atoms with Gasteiger partial charge in [0.15, 0.2) is 12.4 Å². The van der Waals surface area contributed by atoms with Crippen molar-refractivity contribution in [2.45, 2.75) is 49.0 Å². The first-order valence-electron chi connectivity index (χ1n) is 6.81. The second kappa shape index (κ2) is 7.15. The fourth-order valence-electron chi connectivity index (χ4n) is 2.31. The quantitative estimate of drug-likeness (QED) is 0.208. The van der Waals surface area contributed by atoms with E-state index in [-0.39, 0.29) is 0 Å². The summed E-state index contributed by atoms with van der Waals surface area (Å²) in [5, 5.41) is 56.2. The molecule has 23 heavy (non-hydrogen) atoms. The zero-order valence-electron chi connectivity index (χ0n) is 11.8. The molecular formula is C12H18O11. The molecule has 6 N–H and O–H groups in total. The predicted molar refractivity (Wildman–Crippen MR) is 66.6 cm³/mol. The lowest BCUT2D eigenvalue weighted by molar-refractivity contribution is -0.305. The van der Waals surface area contributed by atoms with E-state index in [4.69, 9.17) is 19.7 Å². The van der Waals surface area contributed by atoms with Crippen molar-refractivity contribution >= 4 is 11.8 Å². The largest absolute Gasteiger partial charge is 0.449 e. The van der Waals surface area contributed by atoms with Crippen molar-refractivity contribution < 1.29 is 54.4 Å². The molecule has 11 heteroatoms. The van der Waals surface area contributed by atoms with Gasteiger partial charge in [-0.05, 0) is 0 Å². The number of hydrogen-bond acceptors (Lipinski definition) is 11. The summed E-state index contributed by atoms with van der Waals surface area (Å²) in [4.78, 5) is 23.6. The van der Waals surface area contributed by atoms with Crippen molar-refractivity contribution in [2.24, 2.45) is 0 Å². The maximum Gasteiger partial charge on any atom is 0.344 e. The number of aliphatic hydroxyl groups is 6.